The van der Waals surface area contributed by atoms with Gasteiger partial charge in [-0.1, -0.05) is 27.5 Å². The molecule has 4 nitrogen and oxygen atoms in total. The molecule has 0 aliphatic carbocycles. The first-order chi connectivity index (χ1) is 9.47. The zero-order valence-corrected chi connectivity index (χ0v) is 14.0. The van der Waals surface area contributed by atoms with Crippen molar-refractivity contribution < 1.29 is 4.79 Å². The number of nitrogens with one attached hydrogen (secondary N) is 1. The van der Waals surface area contributed by atoms with Gasteiger partial charge in [0.1, 0.15) is 0 Å². The fourth-order valence-corrected chi connectivity index (χ4v) is 2.86. The zero-order valence-electron chi connectivity index (χ0n) is 11.7. The van der Waals surface area contributed by atoms with E-state index in [0.717, 1.165) is 24.1 Å². The highest BCUT2D eigenvalue weighted by Gasteiger charge is 2.23. The van der Waals surface area contributed by atoms with Crippen molar-refractivity contribution in [1.82, 2.24) is 15.1 Å². The van der Waals surface area contributed by atoms with Crippen molar-refractivity contribution in [3.63, 3.8) is 0 Å². The Labute approximate surface area is 133 Å². The molecule has 1 aliphatic heterocycles. The van der Waals surface area contributed by atoms with E-state index in [2.05, 4.69) is 45.1 Å². The Morgan fingerprint density at radius 1 is 1.45 bits per heavy atom. The van der Waals surface area contributed by atoms with Crippen LogP contribution in [0.1, 0.15) is 10.4 Å². The van der Waals surface area contributed by atoms with Crippen LogP contribution in [0.25, 0.3) is 0 Å². The maximum absolute atomic E-state index is 12.2. The fraction of sp³-hybridized carbons (Fsp3) is 0.500. The Bertz CT molecular complexity index is 497. The summed E-state index contributed by atoms with van der Waals surface area (Å²) < 4.78 is 0.849. The quantitative estimate of drug-likeness (QED) is 0.896. The molecule has 0 spiro atoms. The first kappa shape index (κ1) is 15.8. The fourth-order valence-electron chi connectivity index (χ4n) is 2.30. The van der Waals surface area contributed by atoms with Crippen LogP contribution >= 0.6 is 27.5 Å². The lowest BCUT2D eigenvalue weighted by atomic mass is 10.1. The molecule has 6 heteroatoms. The molecule has 20 heavy (non-hydrogen) atoms. The second-order valence-corrected chi connectivity index (χ2v) is 6.55. The summed E-state index contributed by atoms with van der Waals surface area (Å²) in [6.45, 7) is 3.68. The van der Waals surface area contributed by atoms with Gasteiger partial charge < -0.3 is 10.2 Å². The Morgan fingerprint density at radius 2 is 2.20 bits per heavy atom. The van der Waals surface area contributed by atoms with Crippen LogP contribution in [-0.4, -0.2) is 62.0 Å². The third-order valence-corrected chi connectivity index (χ3v) is 4.47. The predicted octanol–water partition coefficient (Wildman–Crippen LogP) is 2.08. The van der Waals surface area contributed by atoms with Crippen LogP contribution in [0.15, 0.2) is 22.7 Å². The molecule has 2 rings (SSSR count). The number of nitrogens with zero attached hydrogens (tertiary/aromatic N) is 2. The highest BCUT2D eigenvalue weighted by atomic mass is 79.9. The summed E-state index contributed by atoms with van der Waals surface area (Å²) in [5.41, 5.74) is 0.507. The van der Waals surface area contributed by atoms with Crippen LogP contribution in [-0.2, 0) is 0 Å². The summed E-state index contributed by atoms with van der Waals surface area (Å²) in [7, 11) is 4.20. The smallest absolute Gasteiger partial charge is 0.252 e. The van der Waals surface area contributed by atoms with Crippen molar-refractivity contribution in [1.29, 1.82) is 0 Å². The number of hydrogen-bond donors (Lipinski definition) is 1. The van der Waals surface area contributed by atoms with Gasteiger partial charge >= 0.3 is 0 Å². The largest absolute Gasteiger partial charge is 0.350 e. The van der Waals surface area contributed by atoms with Gasteiger partial charge in [-0.25, -0.2) is 0 Å². The number of rotatable bonds is 3. The predicted molar refractivity (Wildman–Crippen MR) is 85.4 cm³/mol. The molecule has 1 atom stereocenters. The molecule has 1 heterocycles. The average Bonchev–Trinajstić information content (AvgIpc) is 2.42. The minimum absolute atomic E-state index is 0.127. The topological polar surface area (TPSA) is 35.6 Å². The number of halogens is 2. The molecular weight excluding hydrogens is 342 g/mol. The summed E-state index contributed by atoms with van der Waals surface area (Å²) in [6, 6.07) is 5.63. The Balaban J connectivity index is 1.96. The highest BCUT2D eigenvalue weighted by molar-refractivity contribution is 9.10. The standard InChI is InChI=1S/C14H19BrClN3O/c1-18-5-6-19(2)11(9-18)8-17-14(20)12-7-10(15)3-4-13(12)16/h3-4,7,11H,5-6,8-9H2,1-2H3,(H,17,20). The van der Waals surface area contributed by atoms with E-state index < -0.39 is 0 Å². The lowest BCUT2D eigenvalue weighted by Crippen LogP contribution is -2.54. The van der Waals surface area contributed by atoms with Crippen LogP contribution in [0, 0.1) is 0 Å². The molecule has 0 saturated carbocycles. The molecule has 1 aromatic carbocycles. The van der Waals surface area contributed by atoms with Gasteiger partial charge in [0.2, 0.25) is 0 Å². The summed E-state index contributed by atoms with van der Waals surface area (Å²) in [5, 5.41) is 3.45. The molecule has 0 radical (unpaired) electrons. The maximum atomic E-state index is 12.2. The van der Waals surface area contributed by atoms with Crippen molar-refractivity contribution in [2.75, 3.05) is 40.3 Å². The van der Waals surface area contributed by atoms with E-state index >= 15 is 0 Å². The minimum Gasteiger partial charge on any atom is -0.350 e. The van der Waals surface area contributed by atoms with Crippen LogP contribution in [0.4, 0.5) is 0 Å². The Hall–Kier alpha value is -0.620. The molecule has 1 fully saturated rings. The normalized spacial score (nSPS) is 20.9. The summed E-state index contributed by atoms with van der Waals surface area (Å²) in [5.74, 6) is -0.127. The van der Waals surface area contributed by atoms with Crippen molar-refractivity contribution in [2.45, 2.75) is 6.04 Å². The SMILES string of the molecule is CN1CCN(C)C(CNC(=O)c2cc(Br)ccc2Cl)C1. The van der Waals surface area contributed by atoms with E-state index in [0.29, 0.717) is 23.2 Å². The van der Waals surface area contributed by atoms with Crippen LogP contribution < -0.4 is 5.32 Å². The van der Waals surface area contributed by atoms with Crippen LogP contribution in [0.3, 0.4) is 0 Å². The molecular formula is C14H19BrClN3O. The van der Waals surface area contributed by atoms with Gasteiger partial charge in [-0.2, -0.15) is 0 Å². The van der Waals surface area contributed by atoms with Gasteiger partial charge in [0.15, 0.2) is 0 Å². The molecule has 1 aromatic rings. The van der Waals surface area contributed by atoms with E-state index in [4.69, 9.17) is 11.6 Å². The van der Waals surface area contributed by atoms with Crippen molar-refractivity contribution in [3.05, 3.63) is 33.3 Å². The second kappa shape index (κ2) is 6.89. The van der Waals surface area contributed by atoms with Crippen LogP contribution in [0.2, 0.25) is 5.02 Å². The average molecular weight is 361 g/mol. The minimum atomic E-state index is -0.127. The number of piperazine rings is 1. The van der Waals surface area contributed by atoms with Gasteiger partial charge in [-0.15, -0.1) is 0 Å². The van der Waals surface area contributed by atoms with Gasteiger partial charge in [0, 0.05) is 36.7 Å². The van der Waals surface area contributed by atoms with E-state index in [1.807, 2.05) is 6.07 Å². The second-order valence-electron chi connectivity index (χ2n) is 5.23. The van der Waals surface area contributed by atoms with Crippen molar-refractivity contribution in [2.24, 2.45) is 0 Å². The number of amides is 1. The van der Waals surface area contributed by atoms with E-state index in [9.17, 15) is 4.79 Å². The molecule has 0 aromatic heterocycles. The third kappa shape index (κ3) is 3.95. The van der Waals surface area contributed by atoms with E-state index in [-0.39, 0.29) is 5.91 Å². The summed E-state index contributed by atoms with van der Waals surface area (Å²) in [4.78, 5) is 16.8. The molecule has 1 saturated heterocycles. The summed E-state index contributed by atoms with van der Waals surface area (Å²) >= 11 is 9.42. The Kier molecular flexibility index (Phi) is 5.43. The maximum Gasteiger partial charge on any atom is 0.252 e. The molecule has 0 bridgehead atoms. The highest BCUT2D eigenvalue weighted by Crippen LogP contribution is 2.20. The first-order valence-corrected chi connectivity index (χ1v) is 7.76. The molecule has 110 valence electrons. The molecule has 1 amide bonds. The molecule has 1 unspecified atom stereocenters. The van der Waals surface area contributed by atoms with Gasteiger partial charge in [0.05, 0.1) is 10.6 Å². The zero-order chi connectivity index (χ0) is 14.7. The lowest BCUT2D eigenvalue weighted by molar-refractivity contribution is 0.0881. The first-order valence-electron chi connectivity index (χ1n) is 6.59. The van der Waals surface area contributed by atoms with Gasteiger partial charge in [-0.3, -0.25) is 9.69 Å². The van der Waals surface area contributed by atoms with Gasteiger partial charge in [-0.05, 0) is 32.3 Å². The number of carbonyl (C=O) groups excluding carboxylic acids is 1. The monoisotopic (exact) mass is 359 g/mol. The Morgan fingerprint density at radius 3 is 2.95 bits per heavy atom. The third-order valence-electron chi connectivity index (χ3n) is 3.65. The summed E-state index contributed by atoms with van der Waals surface area (Å²) in [6.07, 6.45) is 0. The lowest BCUT2D eigenvalue weighted by Gasteiger charge is -2.37. The van der Waals surface area contributed by atoms with E-state index in [1.54, 1.807) is 12.1 Å². The van der Waals surface area contributed by atoms with Gasteiger partial charge in [0.25, 0.3) is 5.91 Å². The van der Waals surface area contributed by atoms with Crippen molar-refractivity contribution in [3.8, 4) is 0 Å². The molecule has 1 N–H and O–H groups in total. The van der Waals surface area contributed by atoms with Crippen LogP contribution in [0.5, 0.6) is 0 Å². The number of likely N-dealkylation sites (N-methyl/N-ethyl adjacent to an activating group) is 2. The number of hydrogen-bond acceptors (Lipinski definition) is 3. The number of carbonyl (C=O) groups is 1. The molecule has 1 aliphatic rings. The van der Waals surface area contributed by atoms with Crippen molar-refractivity contribution >= 4 is 33.4 Å². The van der Waals surface area contributed by atoms with E-state index in [1.165, 1.54) is 0 Å². The number of benzene rings is 1.